The van der Waals surface area contributed by atoms with Crippen molar-refractivity contribution in [2.75, 3.05) is 26.5 Å². The summed E-state index contributed by atoms with van der Waals surface area (Å²) < 4.78 is 0. The summed E-state index contributed by atoms with van der Waals surface area (Å²) in [6.07, 6.45) is 9.41. The number of rotatable bonds is 13. The summed E-state index contributed by atoms with van der Waals surface area (Å²) in [7, 11) is 3.09. The fraction of sp³-hybridized carbons (Fsp3) is 0.522. The van der Waals surface area contributed by atoms with Gasteiger partial charge in [-0.05, 0) is 32.4 Å². The van der Waals surface area contributed by atoms with Gasteiger partial charge in [0.1, 0.15) is 13.1 Å². The molecule has 10 heteroatoms. The Labute approximate surface area is 202 Å². The molecule has 1 aliphatic rings. The Morgan fingerprint density at radius 3 is 2.09 bits per heavy atom. The fourth-order valence-corrected chi connectivity index (χ4v) is 2.67. The van der Waals surface area contributed by atoms with Crippen molar-refractivity contribution in [3.63, 3.8) is 0 Å². The molecule has 33 heavy (non-hydrogen) atoms. The number of amides is 3. The summed E-state index contributed by atoms with van der Waals surface area (Å²) in [6.45, 7) is 10.0. The molecule has 1 heterocycles. The van der Waals surface area contributed by atoms with E-state index >= 15 is 0 Å². The molecule has 1 fully saturated rings. The van der Waals surface area contributed by atoms with Gasteiger partial charge in [0.05, 0.1) is 5.57 Å². The minimum atomic E-state index is -0.438. The monoisotopic (exact) mass is 486 g/mol. The molecule has 0 aromatic carbocycles. The van der Waals surface area contributed by atoms with Gasteiger partial charge in [-0.3, -0.25) is 19.7 Å². The predicted octanol–water partition coefficient (Wildman–Crippen LogP) is 1.91. The molecule has 188 valence electrons. The van der Waals surface area contributed by atoms with E-state index in [1.165, 1.54) is 7.05 Å². The van der Waals surface area contributed by atoms with E-state index in [2.05, 4.69) is 34.8 Å². The number of carbonyl (C=O) groups is 5. The van der Waals surface area contributed by atoms with E-state index in [9.17, 15) is 19.2 Å². The lowest BCUT2D eigenvalue weighted by Gasteiger charge is -2.09. The van der Waals surface area contributed by atoms with Crippen molar-refractivity contribution in [1.29, 1.82) is 0 Å². The van der Waals surface area contributed by atoms with Crippen LogP contribution in [0.5, 0.6) is 0 Å². The van der Waals surface area contributed by atoms with Crippen molar-refractivity contribution in [3.8, 4) is 0 Å². The predicted molar refractivity (Wildman–Crippen MR) is 133 cm³/mol. The molecule has 0 radical (unpaired) electrons. The summed E-state index contributed by atoms with van der Waals surface area (Å²) in [4.78, 5) is 51.2. The van der Waals surface area contributed by atoms with E-state index in [-0.39, 0.29) is 11.5 Å². The Balaban J connectivity index is -0.000000581. The second-order valence-electron chi connectivity index (χ2n) is 6.37. The topological polar surface area (TPSA) is 147 Å². The largest absolute Gasteiger partial charge is 0.384 e. The van der Waals surface area contributed by atoms with Crippen LogP contribution in [0.3, 0.4) is 0 Å². The zero-order chi connectivity index (χ0) is 26.1. The first-order valence-electron chi connectivity index (χ1n) is 10.6. The SMILES string of the molecule is C=C/C(NCCCCCCCCl)=C1\C(=C)C(=O)NC1=O.C=O.CN.CNC(=O)CCCC=O. The first-order valence-corrected chi connectivity index (χ1v) is 11.2. The number of hydrogen-bond acceptors (Lipinski definition) is 7. The van der Waals surface area contributed by atoms with Gasteiger partial charge in [-0.2, -0.15) is 0 Å². The summed E-state index contributed by atoms with van der Waals surface area (Å²) in [5, 5.41) is 7.83. The van der Waals surface area contributed by atoms with Gasteiger partial charge >= 0.3 is 0 Å². The maximum atomic E-state index is 11.7. The molecule has 0 atom stereocenters. The minimum absolute atomic E-state index is 0.00292. The first-order chi connectivity index (χ1) is 15.9. The normalized spacial score (nSPS) is 13.0. The van der Waals surface area contributed by atoms with E-state index in [0.717, 1.165) is 50.8 Å². The third-order valence-corrected chi connectivity index (χ3v) is 4.40. The summed E-state index contributed by atoms with van der Waals surface area (Å²) in [5.74, 6) is -0.135. The van der Waals surface area contributed by atoms with Crippen LogP contribution in [0.15, 0.2) is 36.1 Å². The molecule has 0 aromatic heterocycles. The van der Waals surface area contributed by atoms with Crippen LogP contribution in [-0.2, 0) is 24.0 Å². The van der Waals surface area contributed by atoms with Crippen LogP contribution in [0.1, 0.15) is 51.4 Å². The highest BCUT2D eigenvalue weighted by atomic mass is 35.5. The Morgan fingerprint density at radius 1 is 1.06 bits per heavy atom. The number of carbonyl (C=O) groups excluding carboxylic acids is 5. The zero-order valence-electron chi connectivity index (χ0n) is 19.8. The highest BCUT2D eigenvalue weighted by molar-refractivity contribution is 6.24. The number of nitrogens with one attached hydrogen (secondary N) is 3. The number of unbranched alkanes of at least 4 members (excludes halogenated alkanes) is 5. The van der Waals surface area contributed by atoms with Crippen LogP contribution in [-0.4, -0.2) is 57.3 Å². The lowest BCUT2D eigenvalue weighted by Crippen LogP contribution is -2.22. The Morgan fingerprint density at radius 2 is 1.64 bits per heavy atom. The molecule has 0 unspecified atom stereocenters. The molecule has 5 N–H and O–H groups in total. The molecule has 9 nitrogen and oxygen atoms in total. The number of aldehydes is 1. The highest BCUT2D eigenvalue weighted by Gasteiger charge is 2.30. The summed E-state index contributed by atoms with van der Waals surface area (Å²) in [5.41, 5.74) is 5.56. The molecule has 0 saturated carbocycles. The molecule has 1 saturated heterocycles. The van der Waals surface area contributed by atoms with Gasteiger partial charge in [0.25, 0.3) is 11.8 Å². The van der Waals surface area contributed by atoms with Gasteiger partial charge in [-0.1, -0.05) is 32.4 Å². The maximum absolute atomic E-state index is 11.7. The van der Waals surface area contributed by atoms with Gasteiger partial charge in [0, 0.05) is 43.6 Å². The fourth-order valence-electron chi connectivity index (χ4n) is 2.48. The number of hydrogen-bond donors (Lipinski definition) is 4. The summed E-state index contributed by atoms with van der Waals surface area (Å²) in [6, 6.07) is 0. The van der Waals surface area contributed by atoms with Gasteiger partial charge < -0.3 is 26.0 Å². The first kappa shape index (κ1) is 34.8. The second-order valence-corrected chi connectivity index (χ2v) is 6.75. The third-order valence-electron chi connectivity index (χ3n) is 4.13. The van der Waals surface area contributed by atoms with Crippen LogP contribution < -0.4 is 21.7 Å². The van der Waals surface area contributed by atoms with E-state index in [1.54, 1.807) is 13.1 Å². The van der Waals surface area contributed by atoms with Crippen molar-refractivity contribution in [1.82, 2.24) is 16.0 Å². The van der Waals surface area contributed by atoms with Gasteiger partial charge in [-0.25, -0.2) is 0 Å². The number of nitrogens with two attached hydrogens (primary N) is 1. The van der Waals surface area contributed by atoms with Crippen molar-refractivity contribution in [3.05, 3.63) is 36.1 Å². The molecule has 0 aliphatic carbocycles. The molecule has 3 amide bonds. The van der Waals surface area contributed by atoms with Crippen LogP contribution >= 0.6 is 11.6 Å². The molecular weight excluding hydrogens is 448 g/mol. The third kappa shape index (κ3) is 17.5. The van der Waals surface area contributed by atoms with Crippen LogP contribution in [0.25, 0.3) is 0 Å². The maximum Gasteiger partial charge on any atom is 0.261 e. The van der Waals surface area contributed by atoms with Crippen molar-refractivity contribution >= 4 is 42.4 Å². The highest BCUT2D eigenvalue weighted by Crippen LogP contribution is 2.19. The van der Waals surface area contributed by atoms with Crippen LogP contribution in [0.2, 0.25) is 0 Å². The number of allylic oxidation sites excluding steroid dienone is 1. The van der Waals surface area contributed by atoms with E-state index < -0.39 is 11.8 Å². The molecule has 0 bridgehead atoms. The quantitative estimate of drug-likeness (QED) is 0.102. The van der Waals surface area contributed by atoms with Crippen LogP contribution in [0, 0.1) is 0 Å². The average Bonchev–Trinajstić information content (AvgIpc) is 3.10. The Hall–Kier alpha value is -2.78. The number of imide groups is 1. The molecule has 1 rings (SSSR count). The number of alkyl halides is 1. The lowest BCUT2D eigenvalue weighted by molar-refractivity contribution is -0.123. The average molecular weight is 487 g/mol. The van der Waals surface area contributed by atoms with E-state index in [4.69, 9.17) is 16.4 Å². The van der Waals surface area contributed by atoms with E-state index in [1.807, 2.05) is 6.79 Å². The number of halogens is 1. The molecule has 1 aliphatic heterocycles. The van der Waals surface area contributed by atoms with Gasteiger partial charge in [0.2, 0.25) is 5.91 Å². The zero-order valence-corrected chi connectivity index (χ0v) is 20.6. The summed E-state index contributed by atoms with van der Waals surface area (Å²) >= 11 is 5.61. The standard InChI is InChI=1S/C15H21ClN2O2.C6H11NO2.CH5N.CH2O/c1-3-12(13-11(2)14(19)18-15(13)20)17-10-8-6-4-5-7-9-16;1-7-6(9)4-2-3-5-8;2*1-2/h3,17H,1-2,4-10H2,(H,18,19,20);5H,2-4H2,1H3,(H,7,9);2H2,1H3;1H2/b13-12-;;;. The second kappa shape index (κ2) is 25.5. The molecular formula is C23H39ClN4O5. The van der Waals surface area contributed by atoms with Crippen molar-refractivity contribution in [2.24, 2.45) is 5.73 Å². The van der Waals surface area contributed by atoms with E-state index in [0.29, 0.717) is 30.5 Å². The van der Waals surface area contributed by atoms with Crippen molar-refractivity contribution in [2.45, 2.75) is 51.4 Å². The van der Waals surface area contributed by atoms with Gasteiger partial charge in [0.15, 0.2) is 0 Å². The van der Waals surface area contributed by atoms with Gasteiger partial charge in [-0.15, -0.1) is 11.6 Å². The van der Waals surface area contributed by atoms with Crippen LogP contribution in [0.4, 0.5) is 0 Å². The smallest absolute Gasteiger partial charge is 0.261 e. The van der Waals surface area contributed by atoms with Crippen molar-refractivity contribution < 1.29 is 24.0 Å². The molecule has 0 aromatic rings. The lowest BCUT2D eigenvalue weighted by atomic mass is 10.1. The minimum Gasteiger partial charge on any atom is -0.384 e. The Kier molecular flexibility index (Phi) is 26.9. The Bertz CT molecular complexity index is 651. The molecule has 0 spiro atoms.